The number of aliphatic hydroxyl groups is 1. The maximum Gasteiger partial charge on any atom is 0.292 e. The van der Waals surface area contributed by atoms with Crippen LogP contribution in [0.1, 0.15) is 30.3 Å². The van der Waals surface area contributed by atoms with Crippen LogP contribution in [0.2, 0.25) is 0 Å². The van der Waals surface area contributed by atoms with E-state index < -0.39 is 6.10 Å². The van der Waals surface area contributed by atoms with Gasteiger partial charge in [-0.1, -0.05) is 6.07 Å². The van der Waals surface area contributed by atoms with E-state index in [1.165, 1.54) is 0 Å². The number of rotatable bonds is 4. The highest BCUT2D eigenvalue weighted by molar-refractivity contribution is 5.64. The number of aliphatic hydroxyl groups excluding tert-OH is 1. The Labute approximate surface area is 140 Å². The van der Waals surface area contributed by atoms with E-state index >= 15 is 0 Å². The third-order valence-corrected chi connectivity index (χ3v) is 4.78. The highest BCUT2D eigenvalue weighted by atomic mass is 16.6. The molecule has 1 aromatic heterocycles. The summed E-state index contributed by atoms with van der Waals surface area (Å²) in [4.78, 5) is 17.3. The normalized spacial score (nSPS) is 17.0. The van der Waals surface area contributed by atoms with Gasteiger partial charge in [-0.2, -0.15) is 0 Å². The van der Waals surface area contributed by atoms with E-state index in [-0.39, 0.29) is 16.5 Å². The number of nitro benzene ring substituents is 1. The Bertz CT molecular complexity index is 735. The number of piperidine rings is 1. The molecule has 1 unspecified atom stereocenters. The van der Waals surface area contributed by atoms with E-state index in [9.17, 15) is 15.2 Å². The molecule has 128 valence electrons. The summed E-state index contributed by atoms with van der Waals surface area (Å²) in [6, 6.07) is 5.34. The molecule has 0 spiro atoms. The van der Waals surface area contributed by atoms with Crippen LogP contribution in [-0.2, 0) is 7.05 Å². The summed E-state index contributed by atoms with van der Waals surface area (Å²) >= 11 is 0. The molecule has 0 aliphatic carbocycles. The molecule has 2 aromatic rings. The lowest BCUT2D eigenvalue weighted by molar-refractivity contribution is -0.384. The fourth-order valence-electron chi connectivity index (χ4n) is 3.38. The first kappa shape index (κ1) is 16.4. The molecule has 24 heavy (non-hydrogen) atoms. The van der Waals surface area contributed by atoms with Crippen LogP contribution in [0.4, 0.5) is 11.4 Å². The van der Waals surface area contributed by atoms with Crippen molar-refractivity contribution in [1.29, 1.82) is 0 Å². The Kier molecular flexibility index (Phi) is 4.53. The molecule has 1 aromatic carbocycles. The molecule has 1 fully saturated rings. The summed E-state index contributed by atoms with van der Waals surface area (Å²) in [6.07, 6.45) is 4.46. The van der Waals surface area contributed by atoms with Gasteiger partial charge in [-0.25, -0.2) is 4.98 Å². The summed E-state index contributed by atoms with van der Waals surface area (Å²) in [6.45, 7) is 3.23. The van der Waals surface area contributed by atoms with E-state index in [1.54, 1.807) is 12.3 Å². The third kappa shape index (κ3) is 3.12. The van der Waals surface area contributed by atoms with Crippen LogP contribution in [0.15, 0.2) is 30.6 Å². The maximum atomic E-state index is 11.3. The molecule has 3 rings (SSSR count). The standard InChI is InChI=1S/C17H22N4O3/c1-12-3-4-14(15(11-12)21(23)24)20-8-5-13(6-9-20)16(22)17-18-7-10-19(17)2/h3-4,7,10-11,13,16,22H,5-6,8-9H2,1-2H3. The van der Waals surface area contributed by atoms with Gasteiger partial charge in [0, 0.05) is 38.6 Å². The average Bonchev–Trinajstić information content (AvgIpc) is 3.00. The second-order valence-corrected chi connectivity index (χ2v) is 6.41. The second kappa shape index (κ2) is 6.60. The Morgan fingerprint density at radius 3 is 2.67 bits per heavy atom. The number of nitrogens with zero attached hydrogens (tertiary/aromatic N) is 4. The van der Waals surface area contributed by atoms with E-state index in [0.29, 0.717) is 24.6 Å². The van der Waals surface area contributed by atoms with E-state index in [4.69, 9.17) is 0 Å². The molecule has 1 saturated heterocycles. The van der Waals surface area contributed by atoms with Gasteiger partial charge in [0.1, 0.15) is 17.6 Å². The monoisotopic (exact) mass is 330 g/mol. The Morgan fingerprint density at radius 2 is 2.08 bits per heavy atom. The van der Waals surface area contributed by atoms with Gasteiger partial charge < -0.3 is 14.6 Å². The van der Waals surface area contributed by atoms with Crippen LogP contribution in [0.25, 0.3) is 0 Å². The van der Waals surface area contributed by atoms with Gasteiger partial charge in [-0.05, 0) is 37.3 Å². The molecule has 0 bridgehead atoms. The lowest BCUT2D eigenvalue weighted by Gasteiger charge is -2.35. The zero-order chi connectivity index (χ0) is 17.3. The van der Waals surface area contributed by atoms with E-state index in [1.807, 2.05) is 41.8 Å². The van der Waals surface area contributed by atoms with Gasteiger partial charge in [-0.3, -0.25) is 10.1 Å². The van der Waals surface area contributed by atoms with Gasteiger partial charge in [0.2, 0.25) is 0 Å². The molecular formula is C17H22N4O3. The highest BCUT2D eigenvalue weighted by Crippen LogP contribution is 2.35. The highest BCUT2D eigenvalue weighted by Gasteiger charge is 2.30. The molecular weight excluding hydrogens is 308 g/mol. The van der Waals surface area contributed by atoms with Crippen molar-refractivity contribution in [2.24, 2.45) is 13.0 Å². The van der Waals surface area contributed by atoms with Crippen molar-refractivity contribution < 1.29 is 10.0 Å². The van der Waals surface area contributed by atoms with Crippen molar-refractivity contribution in [3.8, 4) is 0 Å². The zero-order valence-corrected chi connectivity index (χ0v) is 13.9. The summed E-state index contributed by atoms with van der Waals surface area (Å²) in [5, 5.41) is 21.9. The second-order valence-electron chi connectivity index (χ2n) is 6.41. The van der Waals surface area contributed by atoms with Crippen molar-refractivity contribution in [2.45, 2.75) is 25.9 Å². The quantitative estimate of drug-likeness (QED) is 0.688. The molecule has 2 heterocycles. The van der Waals surface area contributed by atoms with Crippen LogP contribution in [-0.4, -0.2) is 32.7 Å². The van der Waals surface area contributed by atoms with Crippen LogP contribution < -0.4 is 4.90 Å². The van der Waals surface area contributed by atoms with E-state index in [0.717, 1.165) is 18.4 Å². The van der Waals surface area contributed by atoms with Crippen LogP contribution in [0.5, 0.6) is 0 Å². The molecule has 7 heteroatoms. The maximum absolute atomic E-state index is 11.3. The van der Waals surface area contributed by atoms with Crippen LogP contribution >= 0.6 is 0 Å². The fraction of sp³-hybridized carbons (Fsp3) is 0.471. The molecule has 0 amide bonds. The Morgan fingerprint density at radius 1 is 1.38 bits per heavy atom. The summed E-state index contributed by atoms with van der Waals surface area (Å²) in [5.41, 5.74) is 1.69. The van der Waals surface area contributed by atoms with Gasteiger partial charge in [0.25, 0.3) is 5.69 Å². The van der Waals surface area contributed by atoms with Crippen LogP contribution in [0, 0.1) is 23.0 Å². The van der Waals surface area contributed by atoms with Crippen molar-refractivity contribution >= 4 is 11.4 Å². The Hall–Kier alpha value is -2.41. The number of imidazole rings is 1. The minimum Gasteiger partial charge on any atom is -0.385 e. The Balaban J connectivity index is 1.72. The van der Waals surface area contributed by atoms with E-state index in [2.05, 4.69) is 4.98 Å². The number of hydrogen-bond acceptors (Lipinski definition) is 5. The fourth-order valence-corrected chi connectivity index (χ4v) is 3.38. The van der Waals surface area contributed by atoms with Crippen molar-refractivity contribution in [3.05, 3.63) is 52.1 Å². The lowest BCUT2D eigenvalue weighted by Crippen LogP contribution is -2.36. The first-order valence-corrected chi connectivity index (χ1v) is 8.12. The number of aromatic nitrogens is 2. The summed E-state index contributed by atoms with van der Waals surface area (Å²) < 4.78 is 1.84. The molecule has 0 radical (unpaired) electrons. The lowest BCUT2D eigenvalue weighted by atomic mass is 9.90. The first-order valence-electron chi connectivity index (χ1n) is 8.12. The molecule has 7 nitrogen and oxygen atoms in total. The number of aryl methyl sites for hydroxylation is 2. The number of benzene rings is 1. The van der Waals surface area contributed by atoms with Crippen LogP contribution in [0.3, 0.4) is 0 Å². The van der Waals surface area contributed by atoms with Gasteiger partial charge in [0.15, 0.2) is 0 Å². The third-order valence-electron chi connectivity index (χ3n) is 4.78. The predicted octanol–water partition coefficient (Wildman–Crippen LogP) is 2.59. The topological polar surface area (TPSA) is 84.4 Å². The van der Waals surface area contributed by atoms with Crippen molar-refractivity contribution in [3.63, 3.8) is 0 Å². The van der Waals surface area contributed by atoms with Gasteiger partial charge in [-0.15, -0.1) is 0 Å². The number of hydrogen-bond donors (Lipinski definition) is 1. The molecule has 1 N–H and O–H groups in total. The molecule has 1 aliphatic heterocycles. The average molecular weight is 330 g/mol. The minimum absolute atomic E-state index is 0.117. The minimum atomic E-state index is -0.597. The zero-order valence-electron chi connectivity index (χ0n) is 13.9. The molecule has 1 atom stereocenters. The summed E-state index contributed by atoms with van der Waals surface area (Å²) in [7, 11) is 1.87. The van der Waals surface area contributed by atoms with Gasteiger partial charge >= 0.3 is 0 Å². The van der Waals surface area contributed by atoms with Gasteiger partial charge in [0.05, 0.1) is 4.92 Å². The predicted molar refractivity (Wildman–Crippen MR) is 90.9 cm³/mol. The van der Waals surface area contributed by atoms with Crippen molar-refractivity contribution in [2.75, 3.05) is 18.0 Å². The molecule has 0 saturated carbocycles. The first-order chi connectivity index (χ1) is 11.5. The van der Waals surface area contributed by atoms with Crippen molar-refractivity contribution in [1.82, 2.24) is 9.55 Å². The number of nitro groups is 1. The smallest absolute Gasteiger partial charge is 0.292 e. The largest absolute Gasteiger partial charge is 0.385 e. The number of anilines is 1. The molecule has 1 aliphatic rings. The SMILES string of the molecule is Cc1ccc(N2CCC(C(O)c3nccn3C)CC2)c([N+](=O)[O-])c1. The summed E-state index contributed by atoms with van der Waals surface area (Å²) in [5.74, 6) is 0.793.